The third-order valence-electron chi connectivity index (χ3n) is 4.97. The van der Waals surface area contributed by atoms with Gasteiger partial charge in [0, 0.05) is 32.7 Å². The molecule has 1 aromatic rings. The summed E-state index contributed by atoms with van der Waals surface area (Å²) in [5, 5.41) is 2.32. The average Bonchev–Trinajstić information content (AvgIpc) is 2.66. The van der Waals surface area contributed by atoms with E-state index < -0.39 is 24.1 Å². The molecule has 0 radical (unpaired) electrons. The van der Waals surface area contributed by atoms with Crippen LogP contribution < -0.4 is 11.1 Å². The van der Waals surface area contributed by atoms with Gasteiger partial charge < -0.3 is 20.3 Å². The van der Waals surface area contributed by atoms with E-state index in [9.17, 15) is 14.4 Å². The number of rotatable bonds is 4. The van der Waals surface area contributed by atoms with Crippen molar-refractivity contribution in [2.24, 2.45) is 11.7 Å². The molecule has 2 saturated heterocycles. The van der Waals surface area contributed by atoms with Crippen molar-refractivity contribution in [3.63, 3.8) is 0 Å². The molecule has 2 aliphatic rings. The zero-order valence-electron chi connectivity index (χ0n) is 14.8. The second kappa shape index (κ2) is 7.84. The molecule has 0 spiro atoms. The van der Waals surface area contributed by atoms with Crippen molar-refractivity contribution in [2.75, 3.05) is 20.3 Å². The van der Waals surface area contributed by atoms with Gasteiger partial charge in [0.2, 0.25) is 5.91 Å². The highest BCUT2D eigenvalue weighted by atomic mass is 16.5. The highest BCUT2D eigenvalue weighted by Gasteiger charge is 2.44. The van der Waals surface area contributed by atoms with Crippen LogP contribution in [0.3, 0.4) is 0 Å². The standard InChI is InChI=1S/C18H24N4O4/c1-21(17(24)13-7-9-26-10-8-13)14-15(19)22(18(25)20-16(14)23)11-12-5-3-2-4-6-12/h2-6,13-15H,7-11,19H2,1H3,(H,20,23,25). The Labute approximate surface area is 152 Å². The Bertz CT molecular complexity index is 675. The Balaban J connectivity index is 1.75. The van der Waals surface area contributed by atoms with Crippen LogP contribution in [0.4, 0.5) is 4.79 Å². The summed E-state index contributed by atoms with van der Waals surface area (Å²) in [6.45, 7) is 1.33. The molecule has 0 aromatic heterocycles. The molecule has 4 amide bonds. The summed E-state index contributed by atoms with van der Waals surface area (Å²) in [7, 11) is 1.57. The van der Waals surface area contributed by atoms with Gasteiger partial charge in [0.25, 0.3) is 5.91 Å². The minimum atomic E-state index is -0.924. The number of urea groups is 1. The Morgan fingerprint density at radius 2 is 1.92 bits per heavy atom. The summed E-state index contributed by atoms with van der Waals surface area (Å²) >= 11 is 0. The van der Waals surface area contributed by atoms with E-state index in [1.807, 2.05) is 30.3 Å². The Morgan fingerprint density at radius 3 is 2.58 bits per heavy atom. The van der Waals surface area contributed by atoms with Gasteiger partial charge in [-0.1, -0.05) is 30.3 Å². The molecule has 3 rings (SSSR count). The van der Waals surface area contributed by atoms with Crippen LogP contribution in [-0.2, 0) is 20.9 Å². The molecule has 2 heterocycles. The summed E-state index contributed by atoms with van der Waals surface area (Å²) in [6.07, 6.45) is 0.337. The van der Waals surface area contributed by atoms with Crippen molar-refractivity contribution in [3.8, 4) is 0 Å². The predicted octanol–water partition coefficient (Wildman–Crippen LogP) is 0.277. The maximum atomic E-state index is 12.8. The van der Waals surface area contributed by atoms with Crippen molar-refractivity contribution < 1.29 is 19.1 Å². The maximum absolute atomic E-state index is 12.8. The van der Waals surface area contributed by atoms with Gasteiger partial charge in [-0.25, -0.2) is 4.79 Å². The molecule has 0 bridgehead atoms. The summed E-state index contributed by atoms with van der Waals surface area (Å²) in [6, 6.07) is 7.90. The molecule has 2 atom stereocenters. The van der Waals surface area contributed by atoms with Gasteiger partial charge >= 0.3 is 6.03 Å². The zero-order valence-corrected chi connectivity index (χ0v) is 14.8. The van der Waals surface area contributed by atoms with E-state index in [-0.39, 0.29) is 18.4 Å². The van der Waals surface area contributed by atoms with E-state index in [1.165, 1.54) is 9.80 Å². The lowest BCUT2D eigenvalue weighted by Gasteiger charge is -2.42. The lowest BCUT2D eigenvalue weighted by Crippen LogP contribution is -2.70. The van der Waals surface area contributed by atoms with Crippen LogP contribution in [0.1, 0.15) is 18.4 Å². The van der Waals surface area contributed by atoms with Gasteiger partial charge in [0.05, 0.1) is 0 Å². The first kappa shape index (κ1) is 18.3. The molecule has 0 saturated carbocycles. The third kappa shape index (κ3) is 3.71. The number of hydrogen-bond acceptors (Lipinski definition) is 5. The van der Waals surface area contributed by atoms with E-state index in [0.29, 0.717) is 26.1 Å². The van der Waals surface area contributed by atoms with Gasteiger partial charge in [-0.15, -0.1) is 0 Å². The fraction of sp³-hybridized carbons (Fsp3) is 0.500. The molecule has 140 valence electrons. The minimum Gasteiger partial charge on any atom is -0.381 e. The quantitative estimate of drug-likeness (QED) is 0.802. The Hall–Kier alpha value is -2.45. The van der Waals surface area contributed by atoms with Crippen LogP contribution in [0, 0.1) is 5.92 Å². The molecular formula is C18H24N4O4. The molecule has 8 heteroatoms. The highest BCUT2D eigenvalue weighted by Crippen LogP contribution is 2.21. The molecule has 2 aliphatic heterocycles. The predicted molar refractivity (Wildman–Crippen MR) is 93.6 cm³/mol. The first-order valence-electron chi connectivity index (χ1n) is 8.74. The second-order valence-electron chi connectivity index (χ2n) is 6.68. The molecule has 1 aromatic carbocycles. The third-order valence-corrected chi connectivity index (χ3v) is 4.97. The van der Waals surface area contributed by atoms with Crippen LogP contribution in [0.2, 0.25) is 0 Å². The van der Waals surface area contributed by atoms with Crippen molar-refractivity contribution in [1.82, 2.24) is 15.1 Å². The zero-order chi connectivity index (χ0) is 18.7. The number of amides is 4. The number of nitrogens with two attached hydrogens (primary N) is 1. The van der Waals surface area contributed by atoms with E-state index in [2.05, 4.69) is 5.32 Å². The summed E-state index contributed by atoms with van der Waals surface area (Å²) in [4.78, 5) is 40.2. The number of carbonyl (C=O) groups is 3. The lowest BCUT2D eigenvalue weighted by atomic mass is 9.97. The van der Waals surface area contributed by atoms with Crippen LogP contribution in [0.5, 0.6) is 0 Å². The first-order chi connectivity index (χ1) is 12.5. The summed E-state index contributed by atoms with van der Waals surface area (Å²) in [5.74, 6) is -0.874. The molecule has 2 fully saturated rings. The maximum Gasteiger partial charge on any atom is 0.325 e. The molecule has 2 unspecified atom stereocenters. The van der Waals surface area contributed by atoms with Crippen molar-refractivity contribution in [1.29, 1.82) is 0 Å². The fourth-order valence-corrected chi connectivity index (χ4v) is 3.44. The number of nitrogens with one attached hydrogen (secondary N) is 1. The van der Waals surface area contributed by atoms with Crippen molar-refractivity contribution >= 4 is 17.8 Å². The summed E-state index contributed by atoms with van der Waals surface area (Å²) in [5.41, 5.74) is 7.14. The number of ether oxygens (including phenoxy) is 1. The minimum absolute atomic E-state index is 0.141. The van der Waals surface area contributed by atoms with Gasteiger partial charge in [-0.3, -0.25) is 14.9 Å². The highest BCUT2D eigenvalue weighted by molar-refractivity contribution is 6.01. The van der Waals surface area contributed by atoms with E-state index >= 15 is 0 Å². The van der Waals surface area contributed by atoms with Crippen LogP contribution >= 0.6 is 0 Å². The van der Waals surface area contributed by atoms with Crippen molar-refractivity contribution in [2.45, 2.75) is 31.6 Å². The number of carbonyl (C=O) groups excluding carboxylic acids is 3. The summed E-state index contributed by atoms with van der Waals surface area (Å²) < 4.78 is 5.29. The lowest BCUT2D eigenvalue weighted by molar-refractivity contribution is -0.147. The Kier molecular flexibility index (Phi) is 5.53. The number of hydrogen-bond donors (Lipinski definition) is 2. The SMILES string of the molecule is CN(C(=O)C1CCOCC1)C1C(=O)NC(=O)N(Cc2ccccc2)C1N. The molecular weight excluding hydrogens is 336 g/mol. The fourth-order valence-electron chi connectivity index (χ4n) is 3.44. The largest absolute Gasteiger partial charge is 0.381 e. The topological polar surface area (TPSA) is 105 Å². The second-order valence-corrected chi connectivity index (χ2v) is 6.68. The first-order valence-corrected chi connectivity index (χ1v) is 8.74. The Morgan fingerprint density at radius 1 is 1.27 bits per heavy atom. The van der Waals surface area contributed by atoms with Crippen molar-refractivity contribution in [3.05, 3.63) is 35.9 Å². The molecule has 3 N–H and O–H groups in total. The van der Waals surface area contributed by atoms with Gasteiger partial charge in [0.15, 0.2) is 0 Å². The van der Waals surface area contributed by atoms with E-state index in [4.69, 9.17) is 10.5 Å². The van der Waals surface area contributed by atoms with E-state index in [0.717, 1.165) is 5.56 Å². The van der Waals surface area contributed by atoms with Gasteiger partial charge in [-0.2, -0.15) is 0 Å². The molecule has 0 aliphatic carbocycles. The molecule has 26 heavy (non-hydrogen) atoms. The number of likely N-dealkylation sites (N-methyl/N-ethyl adjacent to an activating group) is 1. The van der Waals surface area contributed by atoms with E-state index in [1.54, 1.807) is 7.05 Å². The van der Waals surface area contributed by atoms with Gasteiger partial charge in [0.1, 0.15) is 12.2 Å². The normalized spacial score (nSPS) is 24.3. The number of imide groups is 1. The van der Waals surface area contributed by atoms with Gasteiger partial charge in [-0.05, 0) is 18.4 Å². The van der Waals surface area contributed by atoms with Crippen LogP contribution in [-0.4, -0.2) is 60.1 Å². The monoisotopic (exact) mass is 360 g/mol. The van der Waals surface area contributed by atoms with Crippen LogP contribution in [0.25, 0.3) is 0 Å². The number of nitrogens with zero attached hydrogens (tertiary/aromatic N) is 2. The smallest absolute Gasteiger partial charge is 0.325 e. The molecule has 8 nitrogen and oxygen atoms in total. The average molecular weight is 360 g/mol. The van der Waals surface area contributed by atoms with Crippen LogP contribution in [0.15, 0.2) is 30.3 Å². The number of benzene rings is 1.